The normalized spacial score (nSPS) is 12.1. The Morgan fingerprint density at radius 1 is 1.12 bits per heavy atom. The average molecular weight is 234 g/mol. The van der Waals surface area contributed by atoms with Crippen LogP contribution in [0.15, 0.2) is 30.3 Å². The summed E-state index contributed by atoms with van der Waals surface area (Å²) in [4.78, 5) is 11.9. The highest BCUT2D eigenvalue weighted by molar-refractivity contribution is 5.89. The van der Waals surface area contributed by atoms with Crippen molar-refractivity contribution in [3.63, 3.8) is 0 Å². The molecule has 17 heavy (non-hydrogen) atoms. The predicted molar refractivity (Wildman–Crippen MR) is 70.1 cm³/mol. The first-order valence-corrected chi connectivity index (χ1v) is 6.54. The van der Waals surface area contributed by atoms with E-state index in [1.54, 1.807) is 12.1 Å². The molecule has 1 unspecified atom stereocenters. The van der Waals surface area contributed by atoms with Gasteiger partial charge in [0.25, 0.3) is 0 Å². The highest BCUT2D eigenvalue weighted by Crippen LogP contribution is 2.13. The van der Waals surface area contributed by atoms with Crippen molar-refractivity contribution in [3.8, 4) is 0 Å². The Balaban J connectivity index is 2.51. The molecule has 0 saturated carbocycles. The number of ether oxygens (including phenoxy) is 1. The summed E-state index contributed by atoms with van der Waals surface area (Å²) in [6.45, 7) is 4.28. The van der Waals surface area contributed by atoms with E-state index < -0.39 is 0 Å². The Morgan fingerprint density at radius 3 is 2.41 bits per heavy atom. The van der Waals surface area contributed by atoms with E-state index in [9.17, 15) is 4.79 Å². The van der Waals surface area contributed by atoms with Crippen molar-refractivity contribution in [2.45, 2.75) is 52.1 Å². The minimum atomic E-state index is -0.194. The Bertz CT molecular complexity index is 319. The van der Waals surface area contributed by atoms with Crippen LogP contribution in [0.25, 0.3) is 0 Å². The molecule has 1 rings (SSSR count). The Hall–Kier alpha value is -1.31. The zero-order chi connectivity index (χ0) is 12.5. The quantitative estimate of drug-likeness (QED) is 0.661. The van der Waals surface area contributed by atoms with E-state index in [4.69, 9.17) is 4.74 Å². The van der Waals surface area contributed by atoms with Gasteiger partial charge in [0.2, 0.25) is 0 Å². The maximum Gasteiger partial charge on any atom is 0.338 e. The van der Waals surface area contributed by atoms with Gasteiger partial charge in [-0.3, -0.25) is 0 Å². The Labute approximate surface area is 104 Å². The Morgan fingerprint density at radius 2 is 1.82 bits per heavy atom. The van der Waals surface area contributed by atoms with Crippen molar-refractivity contribution >= 4 is 5.97 Å². The molecular formula is C15H22O2. The fourth-order valence-electron chi connectivity index (χ4n) is 1.81. The van der Waals surface area contributed by atoms with Crippen LogP contribution in [0, 0.1) is 0 Å². The molecule has 0 aliphatic heterocycles. The van der Waals surface area contributed by atoms with Gasteiger partial charge < -0.3 is 4.74 Å². The average Bonchev–Trinajstić information content (AvgIpc) is 2.37. The summed E-state index contributed by atoms with van der Waals surface area (Å²) in [7, 11) is 0. The third-order valence-electron chi connectivity index (χ3n) is 2.77. The molecule has 0 aliphatic carbocycles. The zero-order valence-electron chi connectivity index (χ0n) is 10.8. The van der Waals surface area contributed by atoms with E-state index in [0.29, 0.717) is 5.56 Å². The number of carbonyl (C=O) groups is 1. The minimum absolute atomic E-state index is 0.0765. The molecule has 0 amide bonds. The van der Waals surface area contributed by atoms with Crippen LogP contribution in [-0.2, 0) is 4.74 Å². The summed E-state index contributed by atoms with van der Waals surface area (Å²) in [6.07, 6.45) is 5.32. The van der Waals surface area contributed by atoms with Gasteiger partial charge in [-0.05, 0) is 25.0 Å². The van der Waals surface area contributed by atoms with Crippen LogP contribution in [0.4, 0.5) is 0 Å². The first-order chi connectivity index (χ1) is 8.27. The van der Waals surface area contributed by atoms with E-state index in [0.717, 1.165) is 32.1 Å². The van der Waals surface area contributed by atoms with Gasteiger partial charge in [-0.15, -0.1) is 0 Å². The lowest BCUT2D eigenvalue weighted by Crippen LogP contribution is -2.18. The number of rotatable bonds is 7. The first kappa shape index (κ1) is 13.8. The second-order valence-corrected chi connectivity index (χ2v) is 4.32. The molecule has 2 heteroatoms. The lowest BCUT2D eigenvalue weighted by atomic mass is 10.1. The van der Waals surface area contributed by atoms with Gasteiger partial charge in [-0.1, -0.05) is 51.3 Å². The van der Waals surface area contributed by atoms with Crippen LogP contribution in [0.1, 0.15) is 56.3 Å². The van der Waals surface area contributed by atoms with E-state index in [2.05, 4.69) is 13.8 Å². The van der Waals surface area contributed by atoms with Crippen molar-refractivity contribution in [3.05, 3.63) is 35.9 Å². The minimum Gasteiger partial charge on any atom is -0.459 e. The number of carbonyl (C=O) groups excluding carboxylic acids is 1. The number of unbranched alkanes of at least 4 members (excludes halogenated alkanes) is 1. The van der Waals surface area contributed by atoms with Crippen molar-refractivity contribution < 1.29 is 9.53 Å². The maximum atomic E-state index is 11.9. The van der Waals surface area contributed by atoms with Crippen LogP contribution >= 0.6 is 0 Å². The second kappa shape index (κ2) is 7.88. The summed E-state index contributed by atoms with van der Waals surface area (Å²) in [6, 6.07) is 9.21. The molecule has 0 saturated heterocycles. The van der Waals surface area contributed by atoms with Gasteiger partial charge >= 0.3 is 5.97 Å². The Kier molecular flexibility index (Phi) is 6.38. The summed E-state index contributed by atoms with van der Waals surface area (Å²) in [5.74, 6) is -0.194. The number of hydrogen-bond acceptors (Lipinski definition) is 2. The van der Waals surface area contributed by atoms with Gasteiger partial charge in [0, 0.05) is 0 Å². The van der Waals surface area contributed by atoms with E-state index in [1.165, 1.54) is 0 Å². The van der Waals surface area contributed by atoms with E-state index in [-0.39, 0.29) is 12.1 Å². The highest BCUT2D eigenvalue weighted by Gasteiger charge is 2.14. The van der Waals surface area contributed by atoms with Crippen molar-refractivity contribution in [2.24, 2.45) is 0 Å². The molecule has 0 fully saturated rings. The van der Waals surface area contributed by atoms with Gasteiger partial charge in [-0.25, -0.2) is 4.79 Å². The first-order valence-electron chi connectivity index (χ1n) is 6.54. The molecule has 0 spiro atoms. The zero-order valence-corrected chi connectivity index (χ0v) is 10.8. The summed E-state index contributed by atoms with van der Waals surface area (Å²) < 4.78 is 5.54. The van der Waals surface area contributed by atoms with Crippen molar-refractivity contribution in [2.75, 3.05) is 0 Å². The second-order valence-electron chi connectivity index (χ2n) is 4.32. The fourth-order valence-corrected chi connectivity index (χ4v) is 1.81. The lowest BCUT2D eigenvalue weighted by Gasteiger charge is -2.16. The molecule has 0 aromatic heterocycles. The molecule has 0 N–H and O–H groups in total. The molecule has 0 aliphatic rings. The molecule has 1 aromatic carbocycles. The van der Waals surface area contributed by atoms with Crippen LogP contribution in [0.3, 0.4) is 0 Å². The summed E-state index contributed by atoms with van der Waals surface area (Å²) in [5.41, 5.74) is 0.644. The molecule has 0 heterocycles. The molecule has 94 valence electrons. The van der Waals surface area contributed by atoms with Gasteiger partial charge in [-0.2, -0.15) is 0 Å². The molecule has 2 nitrogen and oxygen atoms in total. The van der Waals surface area contributed by atoms with Crippen LogP contribution < -0.4 is 0 Å². The molecule has 1 atom stereocenters. The number of esters is 1. The third-order valence-corrected chi connectivity index (χ3v) is 2.77. The fraction of sp³-hybridized carbons (Fsp3) is 0.533. The van der Waals surface area contributed by atoms with Crippen molar-refractivity contribution in [1.29, 1.82) is 0 Å². The van der Waals surface area contributed by atoms with E-state index in [1.807, 2.05) is 18.2 Å². The standard InChI is InChI=1S/C15H22O2/c1-3-5-12-14(9-4-2)17-15(16)13-10-7-6-8-11-13/h6-8,10-11,14H,3-5,9,12H2,1-2H3. The summed E-state index contributed by atoms with van der Waals surface area (Å²) >= 11 is 0. The number of hydrogen-bond donors (Lipinski definition) is 0. The third kappa shape index (κ3) is 5.03. The van der Waals surface area contributed by atoms with Gasteiger partial charge in [0.05, 0.1) is 5.56 Å². The topological polar surface area (TPSA) is 26.3 Å². The number of benzene rings is 1. The maximum absolute atomic E-state index is 11.9. The van der Waals surface area contributed by atoms with E-state index >= 15 is 0 Å². The molecular weight excluding hydrogens is 212 g/mol. The van der Waals surface area contributed by atoms with Crippen LogP contribution in [0.5, 0.6) is 0 Å². The predicted octanol–water partition coefficient (Wildman–Crippen LogP) is 4.20. The lowest BCUT2D eigenvalue weighted by molar-refractivity contribution is 0.0255. The van der Waals surface area contributed by atoms with Crippen molar-refractivity contribution in [1.82, 2.24) is 0 Å². The summed E-state index contributed by atoms with van der Waals surface area (Å²) in [5, 5.41) is 0. The highest BCUT2D eigenvalue weighted by atomic mass is 16.5. The van der Waals surface area contributed by atoms with Crippen LogP contribution in [-0.4, -0.2) is 12.1 Å². The SMILES string of the molecule is CCCCC(CCC)OC(=O)c1ccccc1. The molecule has 0 radical (unpaired) electrons. The largest absolute Gasteiger partial charge is 0.459 e. The van der Waals surface area contributed by atoms with Crippen LogP contribution in [0.2, 0.25) is 0 Å². The molecule has 0 bridgehead atoms. The molecule has 1 aromatic rings. The van der Waals surface area contributed by atoms with Gasteiger partial charge in [0.1, 0.15) is 6.10 Å². The van der Waals surface area contributed by atoms with Gasteiger partial charge in [0.15, 0.2) is 0 Å². The monoisotopic (exact) mass is 234 g/mol. The smallest absolute Gasteiger partial charge is 0.338 e.